The summed E-state index contributed by atoms with van der Waals surface area (Å²) in [6.07, 6.45) is 0. The van der Waals surface area contributed by atoms with Crippen LogP contribution in [-0.4, -0.2) is 31.3 Å². The van der Waals surface area contributed by atoms with E-state index in [0.29, 0.717) is 10.6 Å². The Kier molecular flexibility index (Phi) is 4.93. The Morgan fingerprint density at radius 3 is 2.76 bits per heavy atom. The summed E-state index contributed by atoms with van der Waals surface area (Å²) in [5.74, 6) is -0.278. The number of nitrogens with one attached hydrogen (secondary N) is 1. The van der Waals surface area contributed by atoms with E-state index < -0.39 is 5.60 Å². The summed E-state index contributed by atoms with van der Waals surface area (Å²) >= 11 is 5.99. The van der Waals surface area contributed by atoms with Gasteiger partial charge in [0.25, 0.3) is 0 Å². The van der Waals surface area contributed by atoms with Crippen LogP contribution < -0.4 is 5.32 Å². The minimum absolute atomic E-state index is 0.0292. The minimum Gasteiger partial charge on any atom is -0.384 e. The van der Waals surface area contributed by atoms with Crippen LogP contribution >= 0.6 is 11.6 Å². The Balaban J connectivity index is 2.69. The molecule has 1 aromatic carbocycles. The van der Waals surface area contributed by atoms with Gasteiger partial charge in [-0.25, -0.2) is 0 Å². The van der Waals surface area contributed by atoms with Crippen LogP contribution in [0, 0.1) is 0 Å². The molecule has 1 aromatic rings. The molecule has 0 fully saturated rings. The van der Waals surface area contributed by atoms with Crippen molar-refractivity contribution in [2.45, 2.75) is 12.5 Å². The van der Waals surface area contributed by atoms with Gasteiger partial charge in [0, 0.05) is 17.7 Å². The summed E-state index contributed by atoms with van der Waals surface area (Å²) in [5.41, 5.74) is -0.624. The lowest BCUT2D eigenvalue weighted by Gasteiger charge is -2.25. The Morgan fingerprint density at radius 1 is 1.53 bits per heavy atom. The summed E-state index contributed by atoms with van der Waals surface area (Å²) in [5, 5.41) is 13.3. The van der Waals surface area contributed by atoms with Crippen LogP contribution in [0.3, 0.4) is 0 Å². The highest BCUT2D eigenvalue weighted by Crippen LogP contribution is 2.26. The number of ether oxygens (including phenoxy) is 1. The number of hydrogen-bond donors (Lipinski definition) is 2. The first-order valence-corrected chi connectivity index (χ1v) is 5.58. The number of methoxy groups -OCH3 is 1. The van der Waals surface area contributed by atoms with Crippen LogP contribution in [0.5, 0.6) is 0 Å². The molecule has 2 N–H and O–H groups in total. The fourth-order valence-electron chi connectivity index (χ4n) is 1.45. The van der Waals surface area contributed by atoms with E-state index in [1.807, 2.05) is 0 Å². The van der Waals surface area contributed by atoms with Crippen molar-refractivity contribution >= 4 is 17.5 Å². The third-order valence-corrected chi connectivity index (χ3v) is 2.69. The zero-order valence-corrected chi connectivity index (χ0v) is 10.6. The lowest BCUT2D eigenvalue weighted by atomic mass is 9.96. The molecule has 4 nitrogen and oxygen atoms in total. The van der Waals surface area contributed by atoms with Gasteiger partial charge < -0.3 is 15.2 Å². The van der Waals surface area contributed by atoms with Gasteiger partial charge in [0.1, 0.15) is 12.2 Å². The summed E-state index contributed by atoms with van der Waals surface area (Å²) in [6, 6.07) is 6.99. The van der Waals surface area contributed by atoms with Gasteiger partial charge in [-0.1, -0.05) is 29.8 Å². The molecule has 1 rings (SSSR count). The Hall–Kier alpha value is -1.10. The monoisotopic (exact) mass is 257 g/mol. The Labute approximate surface area is 106 Å². The molecular formula is C12H16ClNO3. The molecule has 0 radical (unpaired) electrons. The Bertz CT molecular complexity index is 393. The van der Waals surface area contributed by atoms with Crippen LogP contribution in [0.25, 0.3) is 0 Å². The highest BCUT2D eigenvalue weighted by molar-refractivity contribution is 6.31. The maximum atomic E-state index is 11.2. The summed E-state index contributed by atoms with van der Waals surface area (Å²) in [4.78, 5) is 11.2. The predicted molar refractivity (Wildman–Crippen MR) is 65.9 cm³/mol. The largest absolute Gasteiger partial charge is 0.384 e. The van der Waals surface area contributed by atoms with Crippen LogP contribution in [0.4, 0.5) is 0 Å². The molecule has 0 spiro atoms. The van der Waals surface area contributed by atoms with Gasteiger partial charge >= 0.3 is 0 Å². The van der Waals surface area contributed by atoms with Gasteiger partial charge in [0.05, 0.1) is 6.54 Å². The first kappa shape index (κ1) is 14.0. The van der Waals surface area contributed by atoms with E-state index in [9.17, 15) is 9.90 Å². The topological polar surface area (TPSA) is 58.6 Å². The molecule has 0 aliphatic rings. The van der Waals surface area contributed by atoms with Gasteiger partial charge in [0.15, 0.2) is 0 Å². The number of hydrogen-bond acceptors (Lipinski definition) is 3. The molecule has 0 heterocycles. The molecule has 1 amide bonds. The average Bonchev–Trinajstić information content (AvgIpc) is 2.27. The summed E-state index contributed by atoms with van der Waals surface area (Å²) in [6.45, 7) is 1.65. The smallest absolute Gasteiger partial charge is 0.246 e. The second-order valence-corrected chi connectivity index (χ2v) is 4.37. The highest BCUT2D eigenvalue weighted by Gasteiger charge is 2.25. The third kappa shape index (κ3) is 4.00. The van der Waals surface area contributed by atoms with Crippen molar-refractivity contribution in [1.82, 2.24) is 5.32 Å². The van der Waals surface area contributed by atoms with Crippen molar-refractivity contribution < 1.29 is 14.6 Å². The van der Waals surface area contributed by atoms with E-state index in [2.05, 4.69) is 10.1 Å². The fraction of sp³-hybridized carbons (Fsp3) is 0.417. The molecule has 5 heteroatoms. The van der Waals surface area contributed by atoms with E-state index in [0.717, 1.165) is 0 Å². The van der Waals surface area contributed by atoms with E-state index in [-0.39, 0.29) is 19.1 Å². The predicted octanol–water partition coefficient (Wildman–Crippen LogP) is 1.31. The fourth-order valence-corrected chi connectivity index (χ4v) is 1.79. The number of halogens is 1. The zero-order valence-electron chi connectivity index (χ0n) is 9.87. The minimum atomic E-state index is -1.21. The van der Waals surface area contributed by atoms with Crippen molar-refractivity contribution in [3.05, 3.63) is 34.9 Å². The van der Waals surface area contributed by atoms with Crippen molar-refractivity contribution in [2.75, 3.05) is 20.3 Å². The molecule has 0 aliphatic heterocycles. The number of benzene rings is 1. The Morgan fingerprint density at radius 2 is 2.18 bits per heavy atom. The van der Waals surface area contributed by atoms with Crippen LogP contribution in [0.2, 0.25) is 5.02 Å². The number of amides is 1. The molecule has 0 aliphatic carbocycles. The van der Waals surface area contributed by atoms with Gasteiger partial charge in [-0.3, -0.25) is 4.79 Å². The van der Waals surface area contributed by atoms with Crippen molar-refractivity contribution in [3.63, 3.8) is 0 Å². The summed E-state index contributed by atoms with van der Waals surface area (Å²) in [7, 11) is 1.44. The van der Waals surface area contributed by atoms with E-state index in [1.165, 1.54) is 7.11 Å². The second-order valence-electron chi connectivity index (χ2n) is 3.96. The number of carbonyl (C=O) groups is 1. The molecule has 17 heavy (non-hydrogen) atoms. The molecule has 0 saturated heterocycles. The van der Waals surface area contributed by atoms with E-state index in [1.54, 1.807) is 31.2 Å². The van der Waals surface area contributed by atoms with Crippen LogP contribution in [0.1, 0.15) is 12.5 Å². The molecule has 94 valence electrons. The van der Waals surface area contributed by atoms with E-state index in [4.69, 9.17) is 11.6 Å². The van der Waals surface area contributed by atoms with Gasteiger partial charge in [0.2, 0.25) is 5.91 Å². The van der Waals surface area contributed by atoms with Crippen molar-refractivity contribution in [3.8, 4) is 0 Å². The molecule has 0 aromatic heterocycles. The van der Waals surface area contributed by atoms with Crippen LogP contribution in [0.15, 0.2) is 24.3 Å². The van der Waals surface area contributed by atoms with Gasteiger partial charge in [-0.05, 0) is 13.0 Å². The SMILES string of the molecule is COCC(=O)NC[C@](C)(O)c1ccccc1Cl. The third-order valence-electron chi connectivity index (χ3n) is 2.36. The highest BCUT2D eigenvalue weighted by atomic mass is 35.5. The normalized spacial score (nSPS) is 14.1. The van der Waals surface area contributed by atoms with Gasteiger partial charge in [-0.15, -0.1) is 0 Å². The number of aliphatic hydroxyl groups is 1. The second kappa shape index (κ2) is 6.00. The first-order valence-electron chi connectivity index (χ1n) is 5.20. The molecular weight excluding hydrogens is 242 g/mol. The average molecular weight is 258 g/mol. The first-order chi connectivity index (χ1) is 7.97. The zero-order chi connectivity index (χ0) is 12.9. The maximum absolute atomic E-state index is 11.2. The maximum Gasteiger partial charge on any atom is 0.246 e. The van der Waals surface area contributed by atoms with Crippen LogP contribution in [-0.2, 0) is 15.1 Å². The molecule has 1 atom stereocenters. The lowest BCUT2D eigenvalue weighted by molar-refractivity contribution is -0.125. The van der Waals surface area contributed by atoms with E-state index >= 15 is 0 Å². The quantitative estimate of drug-likeness (QED) is 0.836. The molecule has 0 unspecified atom stereocenters. The standard InChI is InChI=1S/C12H16ClNO3/c1-12(16,8-14-11(15)7-17-2)9-5-3-4-6-10(9)13/h3-6,16H,7-8H2,1-2H3,(H,14,15)/t12-/m0/s1. The number of rotatable bonds is 5. The van der Waals surface area contributed by atoms with Crippen molar-refractivity contribution in [1.29, 1.82) is 0 Å². The van der Waals surface area contributed by atoms with Crippen molar-refractivity contribution in [2.24, 2.45) is 0 Å². The van der Waals surface area contributed by atoms with Gasteiger partial charge in [-0.2, -0.15) is 0 Å². The summed E-state index contributed by atoms with van der Waals surface area (Å²) < 4.78 is 4.68. The lowest BCUT2D eigenvalue weighted by Crippen LogP contribution is -2.40. The molecule has 0 saturated carbocycles. The molecule has 0 bridgehead atoms. The number of carbonyl (C=O) groups excluding carboxylic acids is 1.